The standard InChI is InChI=1S/C11H9F3N2O4/c12-11(13,14)10(18)15(6-1-2-6)7-3-4-9(17)8(5-7)16(19)20/h3-6,17H,1-2H2. The van der Waals surface area contributed by atoms with Crippen molar-refractivity contribution >= 4 is 17.3 Å². The van der Waals surface area contributed by atoms with Crippen LogP contribution in [0.3, 0.4) is 0 Å². The van der Waals surface area contributed by atoms with E-state index in [0.717, 1.165) is 18.2 Å². The van der Waals surface area contributed by atoms with E-state index in [1.165, 1.54) is 0 Å². The molecule has 1 saturated carbocycles. The van der Waals surface area contributed by atoms with Crippen LogP contribution in [0.2, 0.25) is 0 Å². The number of hydrogen-bond acceptors (Lipinski definition) is 4. The monoisotopic (exact) mass is 290 g/mol. The van der Waals surface area contributed by atoms with E-state index in [0.29, 0.717) is 17.7 Å². The second kappa shape index (κ2) is 4.66. The van der Waals surface area contributed by atoms with Gasteiger partial charge < -0.3 is 10.0 Å². The van der Waals surface area contributed by atoms with Crippen LogP contribution >= 0.6 is 0 Å². The smallest absolute Gasteiger partial charge is 0.471 e. The van der Waals surface area contributed by atoms with Gasteiger partial charge >= 0.3 is 17.8 Å². The maximum Gasteiger partial charge on any atom is 0.471 e. The largest absolute Gasteiger partial charge is 0.502 e. The van der Waals surface area contributed by atoms with Gasteiger partial charge in [0.2, 0.25) is 0 Å². The Hall–Kier alpha value is -2.32. The number of phenols is 1. The Morgan fingerprint density at radius 1 is 1.40 bits per heavy atom. The summed E-state index contributed by atoms with van der Waals surface area (Å²) < 4.78 is 37.6. The lowest BCUT2D eigenvalue weighted by molar-refractivity contribution is -0.385. The number of hydrogen-bond donors (Lipinski definition) is 1. The Morgan fingerprint density at radius 3 is 2.45 bits per heavy atom. The Labute approximate surface area is 110 Å². The van der Waals surface area contributed by atoms with E-state index in [-0.39, 0.29) is 5.69 Å². The molecule has 1 amide bonds. The van der Waals surface area contributed by atoms with Gasteiger partial charge in [-0.05, 0) is 25.0 Å². The molecule has 20 heavy (non-hydrogen) atoms. The van der Waals surface area contributed by atoms with E-state index in [4.69, 9.17) is 0 Å². The van der Waals surface area contributed by atoms with Gasteiger partial charge in [0.05, 0.1) is 10.6 Å². The van der Waals surface area contributed by atoms with Crippen LogP contribution in [0.5, 0.6) is 5.75 Å². The summed E-state index contributed by atoms with van der Waals surface area (Å²) in [5.41, 5.74) is -0.998. The third kappa shape index (κ3) is 2.65. The first-order chi connectivity index (χ1) is 9.21. The van der Waals surface area contributed by atoms with Crippen LogP contribution in [-0.2, 0) is 4.79 Å². The predicted octanol–water partition coefficient (Wildman–Crippen LogP) is 2.36. The summed E-state index contributed by atoms with van der Waals surface area (Å²) in [4.78, 5) is 21.6. The molecule has 1 aromatic carbocycles. The third-order valence-electron chi connectivity index (χ3n) is 2.81. The number of carbonyl (C=O) groups is 1. The zero-order valence-corrected chi connectivity index (χ0v) is 9.92. The Kier molecular flexibility index (Phi) is 3.28. The van der Waals surface area contributed by atoms with Crippen LogP contribution in [0.25, 0.3) is 0 Å². The quantitative estimate of drug-likeness (QED) is 0.684. The van der Waals surface area contributed by atoms with E-state index in [1.807, 2.05) is 0 Å². The number of rotatable bonds is 3. The van der Waals surface area contributed by atoms with Crippen molar-refractivity contribution in [2.24, 2.45) is 0 Å². The number of anilines is 1. The zero-order chi connectivity index (χ0) is 15.1. The van der Waals surface area contributed by atoms with Gasteiger partial charge in [0, 0.05) is 12.1 Å². The highest BCUT2D eigenvalue weighted by atomic mass is 19.4. The molecule has 0 bridgehead atoms. The third-order valence-corrected chi connectivity index (χ3v) is 2.81. The lowest BCUT2D eigenvalue weighted by Gasteiger charge is -2.23. The summed E-state index contributed by atoms with van der Waals surface area (Å²) >= 11 is 0. The molecule has 6 nitrogen and oxygen atoms in total. The van der Waals surface area contributed by atoms with E-state index < -0.39 is 34.5 Å². The highest BCUT2D eigenvalue weighted by Gasteiger charge is 2.48. The van der Waals surface area contributed by atoms with Gasteiger partial charge in [-0.25, -0.2) is 0 Å². The van der Waals surface area contributed by atoms with Gasteiger partial charge in [-0.2, -0.15) is 13.2 Å². The number of nitro benzene ring substituents is 1. The predicted molar refractivity (Wildman–Crippen MR) is 61.3 cm³/mol. The fourth-order valence-electron chi connectivity index (χ4n) is 1.77. The average Bonchev–Trinajstić information content (AvgIpc) is 3.14. The van der Waals surface area contributed by atoms with E-state index in [1.54, 1.807) is 0 Å². The first kappa shape index (κ1) is 14.1. The molecule has 0 saturated heterocycles. The number of halogens is 3. The molecular weight excluding hydrogens is 281 g/mol. The van der Waals surface area contributed by atoms with Crippen LogP contribution in [0, 0.1) is 10.1 Å². The highest BCUT2D eigenvalue weighted by Crippen LogP contribution is 2.38. The molecule has 1 aromatic rings. The van der Waals surface area contributed by atoms with E-state index in [9.17, 15) is 33.2 Å². The second-order valence-corrected chi connectivity index (χ2v) is 4.33. The Morgan fingerprint density at radius 2 is 2.00 bits per heavy atom. The fraction of sp³-hybridized carbons (Fsp3) is 0.364. The number of phenolic OH excluding ortho intramolecular Hbond substituents is 1. The Balaban J connectivity index is 2.43. The van der Waals surface area contributed by atoms with Crippen molar-refractivity contribution in [3.63, 3.8) is 0 Å². The summed E-state index contributed by atoms with van der Waals surface area (Å²) in [5, 5.41) is 19.9. The van der Waals surface area contributed by atoms with Crippen molar-refractivity contribution in [3.8, 4) is 5.75 Å². The van der Waals surface area contributed by atoms with Gasteiger partial charge in [0.1, 0.15) is 0 Å². The van der Waals surface area contributed by atoms with Crippen molar-refractivity contribution in [3.05, 3.63) is 28.3 Å². The van der Waals surface area contributed by atoms with Crippen LogP contribution in [0.15, 0.2) is 18.2 Å². The molecule has 2 rings (SSSR count). The van der Waals surface area contributed by atoms with Crippen LogP contribution in [0.4, 0.5) is 24.5 Å². The fourth-order valence-corrected chi connectivity index (χ4v) is 1.77. The molecule has 1 aliphatic carbocycles. The number of benzene rings is 1. The molecule has 0 unspecified atom stereocenters. The molecule has 0 aromatic heterocycles. The van der Waals surface area contributed by atoms with Gasteiger partial charge in [-0.15, -0.1) is 0 Å². The van der Waals surface area contributed by atoms with Gasteiger partial charge in [-0.1, -0.05) is 0 Å². The Bertz CT molecular complexity index is 569. The summed E-state index contributed by atoms with van der Waals surface area (Å²) in [6, 6.07) is 2.09. The van der Waals surface area contributed by atoms with Gasteiger partial charge in [-0.3, -0.25) is 14.9 Å². The molecular formula is C11H9F3N2O4. The average molecular weight is 290 g/mol. The minimum Gasteiger partial charge on any atom is -0.502 e. The minimum atomic E-state index is -5.06. The maximum atomic E-state index is 12.5. The van der Waals surface area contributed by atoms with Crippen molar-refractivity contribution in [1.82, 2.24) is 0 Å². The zero-order valence-electron chi connectivity index (χ0n) is 9.92. The summed E-state index contributed by atoms with van der Waals surface area (Å²) in [6.07, 6.45) is -4.26. The van der Waals surface area contributed by atoms with Crippen molar-refractivity contribution in [2.45, 2.75) is 25.1 Å². The normalized spacial score (nSPS) is 14.9. The van der Waals surface area contributed by atoms with Crippen molar-refractivity contribution in [2.75, 3.05) is 4.90 Å². The van der Waals surface area contributed by atoms with E-state index >= 15 is 0 Å². The summed E-state index contributed by atoms with van der Waals surface area (Å²) in [7, 11) is 0. The van der Waals surface area contributed by atoms with Gasteiger partial charge in [0.25, 0.3) is 0 Å². The summed E-state index contributed by atoms with van der Waals surface area (Å²) in [6.45, 7) is 0. The first-order valence-electron chi connectivity index (χ1n) is 5.59. The number of alkyl halides is 3. The summed E-state index contributed by atoms with van der Waals surface area (Å²) in [5.74, 6) is -2.74. The molecule has 0 radical (unpaired) electrons. The minimum absolute atomic E-state index is 0.251. The molecule has 0 heterocycles. The van der Waals surface area contributed by atoms with Crippen LogP contribution < -0.4 is 4.90 Å². The first-order valence-corrected chi connectivity index (χ1v) is 5.59. The molecule has 0 spiro atoms. The van der Waals surface area contributed by atoms with Gasteiger partial charge in [0.15, 0.2) is 5.75 Å². The van der Waals surface area contributed by atoms with Crippen LogP contribution in [-0.4, -0.2) is 28.2 Å². The molecule has 1 fully saturated rings. The topological polar surface area (TPSA) is 83.7 Å². The second-order valence-electron chi connectivity index (χ2n) is 4.33. The maximum absolute atomic E-state index is 12.5. The molecule has 108 valence electrons. The number of carbonyl (C=O) groups excluding carboxylic acids is 1. The molecule has 0 aliphatic heterocycles. The molecule has 1 N–H and O–H groups in total. The highest BCUT2D eigenvalue weighted by molar-refractivity contribution is 5.98. The number of amides is 1. The molecule has 0 atom stereocenters. The van der Waals surface area contributed by atoms with Crippen molar-refractivity contribution < 1.29 is 28.0 Å². The lowest BCUT2D eigenvalue weighted by atomic mass is 10.2. The molecule has 9 heteroatoms. The SMILES string of the molecule is O=C(N(c1ccc(O)c([N+](=O)[O-])c1)C1CC1)C(F)(F)F. The number of nitro groups is 1. The molecule has 1 aliphatic rings. The van der Waals surface area contributed by atoms with E-state index in [2.05, 4.69) is 0 Å². The lowest BCUT2D eigenvalue weighted by Crippen LogP contribution is -2.42. The van der Waals surface area contributed by atoms with Crippen LogP contribution in [0.1, 0.15) is 12.8 Å². The number of nitrogens with zero attached hydrogens (tertiary/aromatic N) is 2. The number of aromatic hydroxyl groups is 1. The van der Waals surface area contributed by atoms with Crippen molar-refractivity contribution in [1.29, 1.82) is 0 Å².